The van der Waals surface area contributed by atoms with E-state index in [1.807, 2.05) is 16.7 Å². The minimum atomic E-state index is -4.64. The molecule has 4 atom stereocenters. The monoisotopic (exact) mass is 645 g/mol. The average molecular weight is 646 g/mol. The molecule has 1 unspecified atom stereocenters. The van der Waals surface area contributed by atoms with Crippen molar-refractivity contribution in [3.63, 3.8) is 0 Å². The number of aromatic nitrogens is 4. The van der Waals surface area contributed by atoms with Gasteiger partial charge in [0.2, 0.25) is 5.95 Å². The lowest BCUT2D eigenvalue weighted by Crippen LogP contribution is -2.43. The van der Waals surface area contributed by atoms with Crippen LogP contribution < -0.4 is 15.6 Å². The first kappa shape index (κ1) is 32.3. The quantitative estimate of drug-likeness (QED) is 0.108. The molecule has 0 saturated heterocycles. The zero-order valence-corrected chi connectivity index (χ0v) is 25.7. The molecule has 2 aromatic heterocycles. The minimum Gasteiger partial charge on any atom is -0.481 e. The summed E-state index contributed by atoms with van der Waals surface area (Å²) in [5, 5.41) is 13.5. The molecule has 0 spiro atoms. The molecule has 2 aliphatic carbocycles. The van der Waals surface area contributed by atoms with Crippen LogP contribution in [0.1, 0.15) is 45.6 Å². The maximum Gasteiger partial charge on any atom is 0.589 e. The number of rotatable bonds is 17. The Balaban J connectivity index is 1.30. The summed E-state index contributed by atoms with van der Waals surface area (Å²) in [6.07, 6.45) is 7.38. The molecule has 1 fully saturated rings. The minimum absolute atomic E-state index is 0.0659. The molecule has 3 aromatic rings. The first-order valence-corrected chi connectivity index (χ1v) is 16.1. The van der Waals surface area contributed by atoms with Crippen LogP contribution in [-0.2, 0) is 32.9 Å². The highest BCUT2D eigenvalue weighted by Crippen LogP contribution is 2.51. The second kappa shape index (κ2) is 14.3. The lowest BCUT2D eigenvalue weighted by atomic mass is 10.1. The number of hydrogen-bond acceptors (Lipinski definition) is 14. The third-order valence-electron chi connectivity index (χ3n) is 6.88. The number of benzene rings is 1. The molecular weight excluding hydrogens is 609 g/mol. The summed E-state index contributed by atoms with van der Waals surface area (Å²) < 4.78 is 32.4. The highest BCUT2D eigenvalue weighted by atomic mass is 31.2. The fraction of sp³-hybridized carbons (Fsp3) is 0.464. The van der Waals surface area contributed by atoms with E-state index in [4.69, 9.17) is 29.0 Å². The number of hydroxylamine groups is 2. The van der Waals surface area contributed by atoms with Gasteiger partial charge in [0.1, 0.15) is 5.75 Å². The van der Waals surface area contributed by atoms with Gasteiger partial charge in [-0.15, -0.1) is 0 Å². The summed E-state index contributed by atoms with van der Waals surface area (Å²) >= 11 is 0. The van der Waals surface area contributed by atoms with Crippen molar-refractivity contribution in [2.24, 2.45) is 5.92 Å². The molecule has 5 rings (SSSR count). The molecule has 242 valence electrons. The van der Waals surface area contributed by atoms with E-state index in [-0.39, 0.29) is 43.5 Å². The summed E-state index contributed by atoms with van der Waals surface area (Å²) in [4.78, 5) is 48.7. The van der Waals surface area contributed by atoms with Crippen molar-refractivity contribution in [3.8, 4) is 5.75 Å². The van der Waals surface area contributed by atoms with Crippen LogP contribution in [0.3, 0.4) is 0 Å². The normalized spacial score (nSPS) is 19.8. The van der Waals surface area contributed by atoms with Crippen LogP contribution in [-0.4, -0.2) is 73.7 Å². The molecule has 0 aliphatic heterocycles. The number of phosphoric ester groups is 1. The summed E-state index contributed by atoms with van der Waals surface area (Å²) in [6.45, 7) is 3.24. The van der Waals surface area contributed by atoms with Crippen molar-refractivity contribution in [2.75, 3.05) is 30.9 Å². The van der Waals surface area contributed by atoms with Crippen LogP contribution in [0, 0.1) is 5.92 Å². The maximum atomic E-state index is 13.9. The zero-order valence-electron chi connectivity index (χ0n) is 24.9. The highest BCUT2D eigenvalue weighted by Gasteiger charge is 2.41. The van der Waals surface area contributed by atoms with E-state index in [1.54, 1.807) is 38.4 Å². The van der Waals surface area contributed by atoms with Crippen molar-refractivity contribution in [1.82, 2.24) is 24.7 Å². The van der Waals surface area contributed by atoms with E-state index >= 15 is 0 Å². The number of para-hydroxylation sites is 1. The van der Waals surface area contributed by atoms with E-state index in [2.05, 4.69) is 20.3 Å². The van der Waals surface area contributed by atoms with E-state index < -0.39 is 32.2 Å². The molecule has 2 aliphatic rings. The third kappa shape index (κ3) is 8.35. The highest BCUT2D eigenvalue weighted by molar-refractivity contribution is 7.49. The van der Waals surface area contributed by atoms with Crippen molar-refractivity contribution in [2.45, 2.75) is 57.7 Å². The fourth-order valence-corrected chi connectivity index (χ4v) is 5.94. The van der Waals surface area contributed by atoms with Gasteiger partial charge in [0.05, 0.1) is 38.6 Å². The first-order valence-electron chi connectivity index (χ1n) is 14.6. The van der Waals surface area contributed by atoms with Crippen LogP contribution in [0.5, 0.6) is 5.75 Å². The second-order valence-corrected chi connectivity index (χ2v) is 11.9. The standard InChI is InChI=1S/C28H36N7O9P/c1-3-40-35(41-4-2)22(15-23(36)37)27(38)44-45(39,43-21-8-6-5-7-9-21)42-16-18-10-13-20(14-18)34-17-30-24-25(31-19-11-12-19)32-28(29)33-26(24)34/h5-10,13,17-20,22H,3-4,11-12,14-16H2,1-2H3,(H,36,37)(H3,29,31,32,33)/t18-,20+,22+,45?/m1/s1. The number of nitrogen functional groups attached to an aromatic ring is 1. The van der Waals surface area contributed by atoms with Crippen molar-refractivity contribution in [3.05, 3.63) is 48.8 Å². The van der Waals surface area contributed by atoms with Gasteiger partial charge < -0.3 is 29.8 Å². The second-order valence-electron chi connectivity index (χ2n) is 10.4. The van der Waals surface area contributed by atoms with Gasteiger partial charge in [0, 0.05) is 12.0 Å². The molecule has 2 heterocycles. The van der Waals surface area contributed by atoms with Crippen LogP contribution in [0.2, 0.25) is 0 Å². The predicted octanol–water partition coefficient (Wildman–Crippen LogP) is 3.90. The van der Waals surface area contributed by atoms with Gasteiger partial charge in [0.15, 0.2) is 23.0 Å². The van der Waals surface area contributed by atoms with E-state index in [9.17, 15) is 19.3 Å². The Morgan fingerprint density at radius 1 is 1.16 bits per heavy atom. The largest absolute Gasteiger partial charge is 0.589 e. The predicted molar refractivity (Wildman–Crippen MR) is 161 cm³/mol. The number of carbonyl (C=O) groups excluding carboxylic acids is 1. The number of carbonyl (C=O) groups is 2. The molecule has 1 saturated carbocycles. The molecule has 45 heavy (non-hydrogen) atoms. The molecule has 0 bridgehead atoms. The number of nitrogens with one attached hydrogen (secondary N) is 1. The molecule has 0 radical (unpaired) electrons. The number of phosphoric acid groups is 1. The van der Waals surface area contributed by atoms with Crippen molar-refractivity contribution >= 4 is 42.7 Å². The number of fused-ring (bicyclic) bond motifs is 1. The summed E-state index contributed by atoms with van der Waals surface area (Å²) in [7, 11) is -4.64. The fourth-order valence-electron chi connectivity index (χ4n) is 4.70. The van der Waals surface area contributed by atoms with E-state index in [0.29, 0.717) is 29.4 Å². The Morgan fingerprint density at radius 3 is 2.56 bits per heavy atom. The average Bonchev–Trinajstić information content (AvgIpc) is 3.51. The number of hydrogen-bond donors (Lipinski definition) is 3. The Bertz CT molecular complexity index is 1560. The summed E-state index contributed by atoms with van der Waals surface area (Å²) in [6, 6.07) is 6.62. The van der Waals surface area contributed by atoms with E-state index in [0.717, 1.165) is 18.1 Å². The Labute approximate surface area is 259 Å². The van der Waals surface area contributed by atoms with E-state index in [1.165, 1.54) is 12.1 Å². The number of aliphatic carboxylic acids is 1. The number of anilines is 2. The Kier molecular flexibility index (Phi) is 10.3. The number of carboxylic acids is 1. The topological polar surface area (TPSA) is 202 Å². The van der Waals surface area contributed by atoms with Crippen molar-refractivity contribution < 1.29 is 42.5 Å². The smallest absolute Gasteiger partial charge is 0.481 e. The summed E-state index contributed by atoms with van der Waals surface area (Å²) in [5.74, 6) is -1.99. The van der Waals surface area contributed by atoms with Crippen LogP contribution in [0.25, 0.3) is 11.2 Å². The number of nitrogens with zero attached hydrogens (tertiary/aromatic N) is 5. The van der Waals surface area contributed by atoms with Gasteiger partial charge in [-0.2, -0.15) is 9.97 Å². The van der Waals surface area contributed by atoms with Crippen LogP contribution >= 0.6 is 7.82 Å². The molecule has 16 nitrogen and oxygen atoms in total. The van der Waals surface area contributed by atoms with Gasteiger partial charge >= 0.3 is 19.8 Å². The molecule has 4 N–H and O–H groups in total. The number of carboxylic acid groups (broad SMARTS) is 1. The SMILES string of the molecule is CCON(OCC)[C@@H](CC(=O)O)C(=O)OP(=O)(OC[C@@H]1C=C[C@H](n2cnc3c(NC4CC4)nc(N)nc32)C1)Oc1ccccc1. The third-order valence-corrected chi connectivity index (χ3v) is 8.18. The molecule has 17 heteroatoms. The number of nitrogens with two attached hydrogens (primary N) is 1. The van der Waals surface area contributed by atoms with Crippen LogP contribution in [0.15, 0.2) is 48.8 Å². The van der Waals surface area contributed by atoms with Gasteiger partial charge in [-0.05, 0) is 45.2 Å². The number of allylic oxidation sites excluding steroid dienone is 1. The van der Waals surface area contributed by atoms with Gasteiger partial charge in [-0.1, -0.05) is 35.6 Å². The number of imidazole rings is 1. The molecule has 0 amide bonds. The molecular formula is C28H36N7O9P. The lowest BCUT2D eigenvalue weighted by molar-refractivity contribution is -0.380. The maximum absolute atomic E-state index is 13.9. The Hall–Kier alpha value is -4.08. The van der Waals surface area contributed by atoms with Gasteiger partial charge in [-0.25, -0.2) is 14.3 Å². The zero-order chi connectivity index (χ0) is 32.0. The van der Waals surface area contributed by atoms with Crippen molar-refractivity contribution in [1.29, 1.82) is 0 Å². The molecule has 1 aromatic carbocycles. The van der Waals surface area contributed by atoms with Crippen LogP contribution in [0.4, 0.5) is 11.8 Å². The van der Waals surface area contributed by atoms with Gasteiger partial charge in [0.25, 0.3) is 0 Å². The lowest BCUT2D eigenvalue weighted by Gasteiger charge is -2.27. The Morgan fingerprint density at radius 2 is 1.89 bits per heavy atom. The first-order chi connectivity index (χ1) is 21.7. The summed E-state index contributed by atoms with van der Waals surface area (Å²) in [5.41, 5.74) is 7.18. The van der Waals surface area contributed by atoms with Gasteiger partial charge in [-0.3, -0.25) is 19.0 Å².